The highest BCUT2D eigenvalue weighted by molar-refractivity contribution is 7.91. The molecule has 1 N–H and O–H groups in total. The third-order valence-electron chi connectivity index (χ3n) is 5.57. The van der Waals surface area contributed by atoms with Crippen LogP contribution in [0.2, 0.25) is 0 Å². The van der Waals surface area contributed by atoms with Crippen LogP contribution in [0.25, 0.3) is 0 Å². The van der Waals surface area contributed by atoms with Gasteiger partial charge in [-0.1, -0.05) is 55.0 Å². The van der Waals surface area contributed by atoms with Crippen LogP contribution >= 0.6 is 11.3 Å². The Morgan fingerprint density at radius 2 is 1.67 bits per heavy atom. The number of nitrogens with one attached hydrogen (secondary N) is 1. The summed E-state index contributed by atoms with van der Waals surface area (Å²) >= 11 is 1.18. The van der Waals surface area contributed by atoms with E-state index < -0.39 is 10.0 Å². The molecule has 1 amide bonds. The predicted molar refractivity (Wildman–Crippen MR) is 130 cm³/mol. The summed E-state index contributed by atoms with van der Waals surface area (Å²) in [5, 5.41) is 2.93. The van der Waals surface area contributed by atoms with Crippen molar-refractivity contribution in [3.63, 3.8) is 0 Å². The Morgan fingerprint density at radius 3 is 2.45 bits per heavy atom. The molecule has 1 saturated heterocycles. The molecule has 33 heavy (non-hydrogen) atoms. The van der Waals surface area contributed by atoms with Gasteiger partial charge in [0.25, 0.3) is 10.0 Å². The summed E-state index contributed by atoms with van der Waals surface area (Å²) in [6, 6.07) is 20.9. The molecule has 0 spiro atoms. The molecule has 2 aromatic carbocycles. The monoisotopic (exact) mass is 484 g/mol. The molecule has 4 rings (SSSR count). The van der Waals surface area contributed by atoms with Crippen molar-refractivity contribution >= 4 is 27.3 Å². The lowest BCUT2D eigenvalue weighted by molar-refractivity contribution is -0.120. The van der Waals surface area contributed by atoms with Crippen molar-refractivity contribution in [2.24, 2.45) is 0 Å². The molecular weight excluding hydrogens is 456 g/mol. The second-order valence-corrected chi connectivity index (χ2v) is 11.4. The van der Waals surface area contributed by atoms with Crippen LogP contribution in [0.1, 0.15) is 35.3 Å². The van der Waals surface area contributed by atoms with E-state index in [1.165, 1.54) is 11.3 Å². The molecule has 0 saturated carbocycles. The maximum absolute atomic E-state index is 12.8. The highest BCUT2D eigenvalue weighted by Crippen LogP contribution is 2.27. The maximum Gasteiger partial charge on any atom is 0.252 e. The van der Waals surface area contributed by atoms with E-state index in [-0.39, 0.29) is 12.3 Å². The zero-order chi connectivity index (χ0) is 23.1. The first kappa shape index (κ1) is 23.5. The van der Waals surface area contributed by atoms with Crippen molar-refractivity contribution in [2.75, 3.05) is 13.1 Å². The number of hydrogen-bond acceptors (Lipinski definition) is 5. The number of para-hydroxylation sites is 1. The number of piperidine rings is 1. The Balaban J connectivity index is 1.32. The molecule has 1 fully saturated rings. The summed E-state index contributed by atoms with van der Waals surface area (Å²) in [4.78, 5) is 13.3. The number of thiophene rings is 1. The van der Waals surface area contributed by atoms with Crippen molar-refractivity contribution in [1.29, 1.82) is 0 Å². The number of nitrogens with zero attached hydrogens (tertiary/aromatic N) is 1. The Hall–Kier alpha value is -2.68. The van der Waals surface area contributed by atoms with Gasteiger partial charge in [0.05, 0.1) is 6.42 Å². The zero-order valence-corrected chi connectivity index (χ0v) is 20.0. The smallest absolute Gasteiger partial charge is 0.252 e. The minimum Gasteiger partial charge on any atom is -0.489 e. The minimum absolute atomic E-state index is 0.146. The molecule has 0 atom stereocenters. The van der Waals surface area contributed by atoms with Gasteiger partial charge in [0.15, 0.2) is 0 Å². The second-order valence-electron chi connectivity index (χ2n) is 8.02. The number of sulfonamides is 1. The second kappa shape index (κ2) is 11.0. The fourth-order valence-corrected chi connectivity index (χ4v) is 6.79. The first-order chi connectivity index (χ1) is 16.0. The molecular formula is C25H28N2O4S2. The number of carbonyl (C=O) groups excluding carboxylic acids is 1. The van der Waals surface area contributed by atoms with E-state index >= 15 is 0 Å². The van der Waals surface area contributed by atoms with Crippen molar-refractivity contribution < 1.29 is 17.9 Å². The summed E-state index contributed by atoms with van der Waals surface area (Å²) < 4.78 is 33.5. The lowest BCUT2D eigenvalue weighted by atomic mass is 10.2. The quantitative estimate of drug-likeness (QED) is 0.490. The van der Waals surface area contributed by atoms with Gasteiger partial charge in [-0.05, 0) is 36.6 Å². The van der Waals surface area contributed by atoms with Crippen molar-refractivity contribution in [1.82, 2.24) is 9.62 Å². The van der Waals surface area contributed by atoms with Gasteiger partial charge in [-0.2, -0.15) is 4.31 Å². The molecule has 3 aromatic rings. The molecule has 0 bridgehead atoms. The molecule has 6 nitrogen and oxygen atoms in total. The van der Waals surface area contributed by atoms with Gasteiger partial charge in [-0.3, -0.25) is 4.79 Å². The van der Waals surface area contributed by atoms with Gasteiger partial charge in [-0.25, -0.2) is 8.42 Å². The summed E-state index contributed by atoms with van der Waals surface area (Å²) in [7, 11) is -3.46. The fourth-order valence-electron chi connectivity index (χ4n) is 3.76. The van der Waals surface area contributed by atoms with E-state index in [0.717, 1.165) is 41.0 Å². The van der Waals surface area contributed by atoms with Crippen LogP contribution in [0.4, 0.5) is 0 Å². The van der Waals surface area contributed by atoms with Crippen molar-refractivity contribution in [3.8, 4) is 5.75 Å². The normalized spacial score (nSPS) is 14.7. The van der Waals surface area contributed by atoms with Gasteiger partial charge in [-0.15, -0.1) is 11.3 Å². The average Bonchev–Trinajstić information content (AvgIpc) is 3.32. The number of amides is 1. The van der Waals surface area contributed by atoms with Crippen LogP contribution in [-0.4, -0.2) is 31.7 Å². The van der Waals surface area contributed by atoms with Crippen LogP contribution in [0.3, 0.4) is 0 Å². The first-order valence-electron chi connectivity index (χ1n) is 11.1. The largest absolute Gasteiger partial charge is 0.489 e. The van der Waals surface area contributed by atoms with E-state index in [9.17, 15) is 13.2 Å². The summed E-state index contributed by atoms with van der Waals surface area (Å²) in [5.74, 6) is 0.573. The van der Waals surface area contributed by atoms with E-state index in [2.05, 4.69) is 5.32 Å². The van der Waals surface area contributed by atoms with Crippen LogP contribution in [0.5, 0.6) is 5.75 Å². The van der Waals surface area contributed by atoms with Crippen LogP contribution in [-0.2, 0) is 34.4 Å². The highest BCUT2D eigenvalue weighted by Gasteiger charge is 2.27. The van der Waals surface area contributed by atoms with Gasteiger partial charge in [0, 0.05) is 30.1 Å². The topological polar surface area (TPSA) is 75.7 Å². The molecule has 8 heteroatoms. The number of benzene rings is 2. The first-order valence-corrected chi connectivity index (χ1v) is 13.4. The average molecular weight is 485 g/mol. The summed E-state index contributed by atoms with van der Waals surface area (Å²) in [6.07, 6.45) is 3.02. The fraction of sp³-hybridized carbons (Fsp3) is 0.320. The third kappa shape index (κ3) is 6.22. The number of rotatable bonds is 9. The Morgan fingerprint density at radius 1 is 0.939 bits per heavy atom. The van der Waals surface area contributed by atoms with E-state index in [0.29, 0.717) is 30.5 Å². The third-order valence-corrected chi connectivity index (χ3v) is 9.02. The van der Waals surface area contributed by atoms with Gasteiger partial charge >= 0.3 is 0 Å². The molecule has 1 aromatic heterocycles. The molecule has 1 aliphatic rings. The molecule has 0 aliphatic carbocycles. The lowest BCUT2D eigenvalue weighted by Crippen LogP contribution is -2.35. The summed E-state index contributed by atoms with van der Waals surface area (Å²) in [6.45, 7) is 1.94. The Kier molecular flexibility index (Phi) is 7.80. The molecule has 1 aliphatic heterocycles. The summed E-state index contributed by atoms with van der Waals surface area (Å²) in [5.41, 5.74) is 1.96. The minimum atomic E-state index is -3.46. The van der Waals surface area contributed by atoms with Gasteiger partial charge < -0.3 is 10.1 Å². The Labute approximate surface area is 199 Å². The highest BCUT2D eigenvalue weighted by atomic mass is 32.2. The number of carbonyl (C=O) groups is 1. The van der Waals surface area contributed by atoms with Gasteiger partial charge in [0.2, 0.25) is 5.91 Å². The maximum atomic E-state index is 12.8. The lowest BCUT2D eigenvalue weighted by Gasteiger charge is -2.25. The van der Waals surface area contributed by atoms with Crippen LogP contribution in [0, 0.1) is 0 Å². The molecule has 2 heterocycles. The van der Waals surface area contributed by atoms with E-state index in [4.69, 9.17) is 4.74 Å². The molecule has 0 radical (unpaired) electrons. The van der Waals surface area contributed by atoms with E-state index in [1.807, 2.05) is 54.6 Å². The number of ether oxygens (including phenoxy) is 1. The Bertz CT molecular complexity index is 1170. The SMILES string of the molecule is O=C(Cc1ccc(S(=O)(=O)N2CCCCC2)s1)NCc1ccccc1OCc1ccccc1. The van der Waals surface area contributed by atoms with Crippen LogP contribution in [0.15, 0.2) is 70.9 Å². The van der Waals surface area contributed by atoms with Gasteiger partial charge in [0.1, 0.15) is 16.6 Å². The van der Waals surface area contributed by atoms with Crippen LogP contribution < -0.4 is 10.1 Å². The van der Waals surface area contributed by atoms with E-state index in [1.54, 1.807) is 16.4 Å². The molecule has 0 unspecified atom stereocenters. The predicted octanol–water partition coefficient (Wildman–Crippen LogP) is 4.36. The van der Waals surface area contributed by atoms with Crippen molar-refractivity contribution in [2.45, 2.75) is 43.0 Å². The number of hydrogen-bond donors (Lipinski definition) is 1. The standard InChI is InChI=1S/C25H28N2O4S2/c28-24(17-22-13-14-25(32-22)33(29,30)27-15-7-2-8-16-27)26-18-21-11-5-6-12-23(21)31-19-20-9-3-1-4-10-20/h1,3-6,9-14H,2,7-8,15-19H2,(H,26,28). The molecule has 174 valence electrons. The van der Waals surface area contributed by atoms with Crippen molar-refractivity contribution in [3.05, 3.63) is 82.7 Å². The zero-order valence-electron chi connectivity index (χ0n) is 18.4.